The predicted molar refractivity (Wildman–Crippen MR) is 81.0 cm³/mol. The number of likely N-dealkylation sites (N-methyl/N-ethyl adjacent to an activating group) is 1. The fraction of sp³-hybridized carbons (Fsp3) is 0.333. The summed E-state index contributed by atoms with van der Waals surface area (Å²) in [5.41, 5.74) is 0.674. The quantitative estimate of drug-likeness (QED) is 0.333. The molecule has 0 saturated heterocycles. The number of amides is 1. The Balaban J connectivity index is 2.52. The van der Waals surface area contributed by atoms with Crippen LogP contribution in [0.4, 0.5) is 5.69 Å². The van der Waals surface area contributed by atoms with Gasteiger partial charge in [-0.15, -0.1) is 0 Å². The molecule has 1 aromatic rings. The Morgan fingerprint density at radius 1 is 1.32 bits per heavy atom. The van der Waals surface area contributed by atoms with E-state index in [1.54, 1.807) is 32.2 Å². The van der Waals surface area contributed by atoms with Gasteiger partial charge >= 0.3 is 5.97 Å². The molecular weight excluding hydrogens is 288 g/mol. The number of carbonyl (C=O) groups excluding carboxylic acids is 2. The number of ether oxygens (including phenoxy) is 1. The molecule has 0 aromatic heterocycles. The summed E-state index contributed by atoms with van der Waals surface area (Å²) in [6, 6.07) is 5.85. The lowest BCUT2D eigenvalue weighted by molar-refractivity contribution is -0.384. The molecule has 0 aliphatic carbocycles. The summed E-state index contributed by atoms with van der Waals surface area (Å²) in [5, 5.41) is 10.5. The monoisotopic (exact) mass is 306 g/mol. The average Bonchev–Trinajstić information content (AvgIpc) is 2.50. The van der Waals surface area contributed by atoms with Gasteiger partial charge in [-0.2, -0.15) is 0 Å². The van der Waals surface area contributed by atoms with Crippen LogP contribution >= 0.6 is 0 Å². The molecule has 0 fully saturated rings. The van der Waals surface area contributed by atoms with Crippen molar-refractivity contribution in [1.82, 2.24) is 4.90 Å². The van der Waals surface area contributed by atoms with Crippen LogP contribution in [0.25, 0.3) is 6.08 Å². The molecule has 0 radical (unpaired) electrons. The van der Waals surface area contributed by atoms with Crippen LogP contribution in [-0.2, 0) is 14.3 Å². The minimum atomic E-state index is -0.484. The molecule has 0 spiro atoms. The number of hydrogen-bond donors (Lipinski definition) is 0. The van der Waals surface area contributed by atoms with Crippen molar-refractivity contribution in [1.29, 1.82) is 0 Å². The van der Waals surface area contributed by atoms with Crippen LogP contribution in [0.3, 0.4) is 0 Å². The molecular formula is C15H18N2O5. The molecule has 1 amide bonds. The van der Waals surface area contributed by atoms with E-state index in [4.69, 9.17) is 4.74 Å². The highest BCUT2D eigenvalue weighted by Gasteiger charge is 2.09. The third-order valence-corrected chi connectivity index (χ3v) is 2.86. The first kappa shape index (κ1) is 17.4. The maximum absolute atomic E-state index is 11.8. The van der Waals surface area contributed by atoms with Gasteiger partial charge in [0.15, 0.2) is 0 Å². The van der Waals surface area contributed by atoms with Gasteiger partial charge in [-0.25, -0.2) is 0 Å². The maximum Gasteiger partial charge on any atom is 0.307 e. The third-order valence-electron chi connectivity index (χ3n) is 2.86. The first-order chi connectivity index (χ1) is 10.4. The summed E-state index contributed by atoms with van der Waals surface area (Å²) < 4.78 is 4.78. The molecule has 22 heavy (non-hydrogen) atoms. The zero-order chi connectivity index (χ0) is 16.5. The van der Waals surface area contributed by atoms with Crippen molar-refractivity contribution in [3.8, 4) is 0 Å². The van der Waals surface area contributed by atoms with E-state index in [2.05, 4.69) is 0 Å². The Morgan fingerprint density at radius 2 is 1.95 bits per heavy atom. The normalized spacial score (nSPS) is 10.5. The summed E-state index contributed by atoms with van der Waals surface area (Å²) in [6.07, 6.45) is 3.06. The van der Waals surface area contributed by atoms with Crippen LogP contribution in [0.2, 0.25) is 0 Å². The van der Waals surface area contributed by atoms with Crippen molar-refractivity contribution in [3.63, 3.8) is 0 Å². The van der Waals surface area contributed by atoms with E-state index < -0.39 is 4.92 Å². The van der Waals surface area contributed by atoms with Crippen molar-refractivity contribution in [2.45, 2.75) is 13.3 Å². The van der Waals surface area contributed by atoms with E-state index in [1.807, 2.05) is 0 Å². The van der Waals surface area contributed by atoms with Crippen LogP contribution in [0.5, 0.6) is 0 Å². The fourth-order valence-electron chi connectivity index (χ4n) is 1.60. The highest BCUT2D eigenvalue weighted by molar-refractivity contribution is 5.91. The van der Waals surface area contributed by atoms with Gasteiger partial charge in [-0.1, -0.05) is 0 Å². The molecule has 0 unspecified atom stereocenters. The van der Waals surface area contributed by atoms with Gasteiger partial charge < -0.3 is 9.64 Å². The first-order valence-electron chi connectivity index (χ1n) is 6.77. The molecule has 1 aromatic carbocycles. The average molecular weight is 306 g/mol. The van der Waals surface area contributed by atoms with E-state index in [0.717, 1.165) is 0 Å². The summed E-state index contributed by atoms with van der Waals surface area (Å²) >= 11 is 0. The molecule has 0 aliphatic heterocycles. The maximum atomic E-state index is 11.8. The smallest absolute Gasteiger partial charge is 0.307 e. The lowest BCUT2D eigenvalue weighted by Gasteiger charge is -2.14. The van der Waals surface area contributed by atoms with Gasteiger partial charge in [-0.05, 0) is 30.7 Å². The molecule has 0 saturated carbocycles. The second-order valence-electron chi connectivity index (χ2n) is 4.50. The number of rotatable bonds is 7. The SMILES string of the molecule is CCOC(=O)CCN(C)C(=O)/C=C/c1ccc([N+](=O)[O-])cc1. The zero-order valence-corrected chi connectivity index (χ0v) is 12.5. The van der Waals surface area contributed by atoms with Gasteiger partial charge in [0.25, 0.3) is 5.69 Å². The summed E-state index contributed by atoms with van der Waals surface area (Å²) in [5.74, 6) is -0.607. The number of non-ortho nitro benzene ring substituents is 1. The second-order valence-corrected chi connectivity index (χ2v) is 4.50. The van der Waals surface area contributed by atoms with Crippen LogP contribution < -0.4 is 0 Å². The van der Waals surface area contributed by atoms with Crippen LogP contribution in [0, 0.1) is 10.1 Å². The van der Waals surface area contributed by atoms with E-state index in [1.165, 1.54) is 23.1 Å². The number of esters is 1. The lowest BCUT2D eigenvalue weighted by atomic mass is 10.2. The van der Waals surface area contributed by atoms with Gasteiger partial charge in [0.1, 0.15) is 0 Å². The van der Waals surface area contributed by atoms with Crippen molar-refractivity contribution in [3.05, 3.63) is 46.0 Å². The van der Waals surface area contributed by atoms with E-state index in [-0.39, 0.29) is 30.5 Å². The van der Waals surface area contributed by atoms with Crippen molar-refractivity contribution >= 4 is 23.6 Å². The Bertz CT molecular complexity index is 566. The Hall–Kier alpha value is -2.70. The summed E-state index contributed by atoms with van der Waals surface area (Å²) in [4.78, 5) is 34.5. The van der Waals surface area contributed by atoms with Gasteiger partial charge in [-0.3, -0.25) is 19.7 Å². The van der Waals surface area contributed by atoms with Gasteiger partial charge in [0, 0.05) is 31.8 Å². The molecule has 7 nitrogen and oxygen atoms in total. The van der Waals surface area contributed by atoms with Gasteiger partial charge in [0.2, 0.25) is 5.91 Å². The largest absolute Gasteiger partial charge is 0.466 e. The molecule has 0 atom stereocenters. The second kappa shape index (κ2) is 8.56. The molecule has 118 valence electrons. The molecule has 0 aliphatic rings. The summed E-state index contributed by atoms with van der Waals surface area (Å²) in [7, 11) is 1.59. The minimum absolute atomic E-state index is 0.00460. The number of nitro groups is 1. The highest BCUT2D eigenvalue weighted by Crippen LogP contribution is 2.12. The van der Waals surface area contributed by atoms with Crippen molar-refractivity contribution in [2.24, 2.45) is 0 Å². The molecule has 0 bridgehead atoms. The predicted octanol–water partition coefficient (Wildman–Crippen LogP) is 2.02. The number of carbonyl (C=O) groups is 2. The van der Waals surface area contributed by atoms with Crippen LogP contribution in [0.15, 0.2) is 30.3 Å². The van der Waals surface area contributed by atoms with E-state index >= 15 is 0 Å². The number of hydrogen-bond acceptors (Lipinski definition) is 5. The summed E-state index contributed by atoms with van der Waals surface area (Å²) in [6.45, 7) is 2.30. The Labute approximate surface area is 128 Å². The third kappa shape index (κ3) is 5.74. The van der Waals surface area contributed by atoms with Crippen LogP contribution in [0.1, 0.15) is 18.9 Å². The van der Waals surface area contributed by atoms with E-state index in [9.17, 15) is 19.7 Å². The Kier molecular flexibility index (Phi) is 6.75. The minimum Gasteiger partial charge on any atom is -0.466 e. The lowest BCUT2D eigenvalue weighted by Crippen LogP contribution is -2.27. The first-order valence-corrected chi connectivity index (χ1v) is 6.77. The molecule has 0 N–H and O–H groups in total. The van der Waals surface area contributed by atoms with Crippen LogP contribution in [-0.4, -0.2) is 41.9 Å². The fourth-order valence-corrected chi connectivity index (χ4v) is 1.60. The standard InChI is InChI=1S/C15H18N2O5/c1-3-22-15(19)10-11-16(2)14(18)9-6-12-4-7-13(8-5-12)17(20)21/h4-9H,3,10-11H2,1-2H3/b9-6+. The van der Waals surface area contributed by atoms with E-state index in [0.29, 0.717) is 12.2 Å². The Morgan fingerprint density at radius 3 is 2.50 bits per heavy atom. The molecule has 0 heterocycles. The number of nitrogens with zero attached hydrogens (tertiary/aromatic N) is 2. The highest BCUT2D eigenvalue weighted by atomic mass is 16.6. The molecule has 7 heteroatoms. The number of nitro benzene ring substituents is 1. The van der Waals surface area contributed by atoms with Crippen molar-refractivity contribution < 1.29 is 19.2 Å². The zero-order valence-electron chi connectivity index (χ0n) is 12.5. The topological polar surface area (TPSA) is 89.8 Å². The number of benzene rings is 1. The van der Waals surface area contributed by atoms with Gasteiger partial charge in [0.05, 0.1) is 18.0 Å². The molecule has 1 rings (SSSR count). The van der Waals surface area contributed by atoms with Crippen molar-refractivity contribution in [2.75, 3.05) is 20.2 Å².